The van der Waals surface area contributed by atoms with Crippen molar-refractivity contribution in [1.29, 1.82) is 0 Å². The summed E-state index contributed by atoms with van der Waals surface area (Å²) in [5.74, 6) is -3.24. The van der Waals surface area contributed by atoms with Gasteiger partial charge in [0.15, 0.2) is 0 Å². The number of carbonyl (C=O) groups excluding carboxylic acids is 4. The molecule has 4 N–H and O–H groups in total. The van der Waals surface area contributed by atoms with Crippen molar-refractivity contribution in [3.8, 4) is 11.5 Å². The van der Waals surface area contributed by atoms with E-state index in [0.29, 0.717) is 18.5 Å². The summed E-state index contributed by atoms with van der Waals surface area (Å²) in [6.45, 7) is 12.8. The molecule has 0 fully saturated rings. The van der Waals surface area contributed by atoms with Gasteiger partial charge < -0.3 is 20.4 Å². The van der Waals surface area contributed by atoms with Crippen molar-refractivity contribution in [3.05, 3.63) is 66.1 Å². The molecule has 13 nitrogen and oxygen atoms in total. The van der Waals surface area contributed by atoms with Gasteiger partial charge in [0.1, 0.15) is 12.1 Å². The second-order valence-corrected chi connectivity index (χ2v) is 14.5. The van der Waals surface area contributed by atoms with Gasteiger partial charge in [0.2, 0.25) is 39.4 Å². The fraction of sp³-hybridized carbons (Fsp3) is 0.455. The van der Waals surface area contributed by atoms with Crippen molar-refractivity contribution >= 4 is 33.5 Å². The Morgan fingerprint density at radius 2 is 1.53 bits per heavy atom. The van der Waals surface area contributed by atoms with E-state index in [4.69, 9.17) is 4.42 Å². The van der Waals surface area contributed by atoms with Crippen LogP contribution in [0.2, 0.25) is 0 Å². The SMILES string of the molecule is CCC(C)[C@H](NC(=O)[C@H](C)NC(=O)[C@H](CC(=O)NCC(C)(C)C)NS(=O)(=O)c1ccc(C)cc1)C(=O)c1nnc(-c2ccccc2)o1. The summed E-state index contributed by atoms with van der Waals surface area (Å²) in [5, 5.41) is 15.7. The van der Waals surface area contributed by atoms with E-state index < -0.39 is 58.1 Å². The van der Waals surface area contributed by atoms with Gasteiger partial charge in [-0.05, 0) is 49.4 Å². The van der Waals surface area contributed by atoms with Crippen LogP contribution >= 0.6 is 0 Å². The molecule has 254 valence electrons. The Kier molecular flexibility index (Phi) is 12.5. The van der Waals surface area contributed by atoms with E-state index >= 15 is 0 Å². The number of sulfonamides is 1. The molecule has 3 rings (SSSR count). The van der Waals surface area contributed by atoms with E-state index in [1.165, 1.54) is 19.1 Å². The fourth-order valence-corrected chi connectivity index (χ4v) is 5.49. The molecule has 3 amide bonds. The second kappa shape index (κ2) is 15.9. The number of rotatable bonds is 15. The maximum Gasteiger partial charge on any atom is 0.286 e. The minimum absolute atomic E-state index is 0.0897. The minimum atomic E-state index is -4.22. The Labute approximate surface area is 275 Å². The lowest BCUT2D eigenvalue weighted by molar-refractivity contribution is -0.131. The van der Waals surface area contributed by atoms with E-state index in [9.17, 15) is 27.6 Å². The first-order chi connectivity index (χ1) is 22.0. The third kappa shape index (κ3) is 10.8. The van der Waals surface area contributed by atoms with Crippen molar-refractivity contribution in [1.82, 2.24) is 30.9 Å². The van der Waals surface area contributed by atoms with Crippen LogP contribution in [-0.4, -0.2) is 66.8 Å². The van der Waals surface area contributed by atoms with E-state index in [1.807, 2.05) is 33.8 Å². The van der Waals surface area contributed by atoms with Gasteiger partial charge >= 0.3 is 0 Å². The molecule has 0 bridgehead atoms. The van der Waals surface area contributed by atoms with Gasteiger partial charge in [0.25, 0.3) is 5.89 Å². The van der Waals surface area contributed by atoms with Gasteiger partial charge in [-0.3, -0.25) is 19.2 Å². The van der Waals surface area contributed by atoms with Crippen LogP contribution in [-0.2, 0) is 24.4 Å². The Morgan fingerprint density at radius 3 is 2.13 bits per heavy atom. The molecule has 0 saturated heterocycles. The van der Waals surface area contributed by atoms with Crippen molar-refractivity contribution in [2.45, 2.75) is 84.3 Å². The highest BCUT2D eigenvalue weighted by molar-refractivity contribution is 7.89. The predicted molar refractivity (Wildman–Crippen MR) is 175 cm³/mol. The summed E-state index contributed by atoms with van der Waals surface area (Å²) >= 11 is 0. The third-order valence-electron chi connectivity index (χ3n) is 7.35. The van der Waals surface area contributed by atoms with Crippen LogP contribution in [0, 0.1) is 18.3 Å². The summed E-state index contributed by atoms with van der Waals surface area (Å²) in [5.41, 5.74) is 1.21. The first-order valence-electron chi connectivity index (χ1n) is 15.4. The molecular formula is C33H44N6O7S. The van der Waals surface area contributed by atoms with Gasteiger partial charge in [0.05, 0.1) is 17.4 Å². The van der Waals surface area contributed by atoms with Gasteiger partial charge in [-0.15, -0.1) is 10.2 Å². The molecule has 0 aliphatic heterocycles. The van der Waals surface area contributed by atoms with Crippen LogP contribution in [0.25, 0.3) is 11.5 Å². The van der Waals surface area contributed by atoms with Crippen molar-refractivity contribution in [2.24, 2.45) is 11.3 Å². The summed E-state index contributed by atoms with van der Waals surface area (Å²) < 4.78 is 34.3. The lowest BCUT2D eigenvalue weighted by Crippen LogP contribution is -2.56. The Bertz CT molecular complexity index is 1650. The van der Waals surface area contributed by atoms with Crippen LogP contribution in [0.5, 0.6) is 0 Å². The Morgan fingerprint density at radius 1 is 0.894 bits per heavy atom. The first-order valence-corrected chi connectivity index (χ1v) is 16.9. The number of benzene rings is 2. The lowest BCUT2D eigenvalue weighted by atomic mass is 9.95. The normalized spacial score (nSPS) is 14.4. The molecule has 14 heteroatoms. The molecule has 0 spiro atoms. The Hall–Kier alpha value is -4.43. The summed E-state index contributed by atoms with van der Waals surface area (Å²) in [7, 11) is -4.22. The van der Waals surface area contributed by atoms with Gasteiger partial charge in [-0.25, -0.2) is 8.42 Å². The van der Waals surface area contributed by atoms with Crippen molar-refractivity contribution in [2.75, 3.05) is 6.54 Å². The van der Waals surface area contributed by atoms with Gasteiger partial charge in [-0.2, -0.15) is 4.72 Å². The quantitative estimate of drug-likeness (QED) is 0.176. The Balaban J connectivity index is 1.76. The number of Topliss-reactive ketones (excluding diaryl/α,β-unsaturated/α-hetero) is 1. The first kappa shape index (κ1) is 37.0. The van der Waals surface area contributed by atoms with Gasteiger partial charge in [0, 0.05) is 12.1 Å². The number of aryl methyl sites for hydroxylation is 1. The number of amides is 3. The second-order valence-electron chi connectivity index (χ2n) is 12.8. The van der Waals surface area contributed by atoms with Crippen molar-refractivity contribution in [3.63, 3.8) is 0 Å². The summed E-state index contributed by atoms with van der Waals surface area (Å²) in [6, 6.07) is 11.1. The third-order valence-corrected chi connectivity index (χ3v) is 8.84. The molecule has 2 aromatic carbocycles. The van der Waals surface area contributed by atoms with Crippen molar-refractivity contribution < 1.29 is 32.0 Å². The molecule has 1 heterocycles. The van der Waals surface area contributed by atoms with E-state index in [0.717, 1.165) is 5.56 Å². The molecule has 0 radical (unpaired) electrons. The zero-order valence-electron chi connectivity index (χ0n) is 27.8. The smallest absolute Gasteiger partial charge is 0.286 e. The van der Waals surface area contributed by atoms with Crippen LogP contribution < -0.4 is 20.7 Å². The number of aromatic nitrogens is 2. The average molecular weight is 669 g/mol. The monoisotopic (exact) mass is 668 g/mol. The molecular weight excluding hydrogens is 624 g/mol. The van der Waals surface area contributed by atoms with E-state index in [2.05, 4.69) is 30.9 Å². The average Bonchev–Trinajstić information content (AvgIpc) is 3.52. The molecule has 1 aromatic heterocycles. The topological polar surface area (TPSA) is 189 Å². The molecule has 0 aliphatic rings. The van der Waals surface area contributed by atoms with Crippen LogP contribution in [0.3, 0.4) is 0 Å². The predicted octanol–water partition coefficient (Wildman–Crippen LogP) is 3.16. The highest BCUT2D eigenvalue weighted by Gasteiger charge is 2.34. The molecule has 0 aliphatic carbocycles. The maximum atomic E-state index is 13.4. The molecule has 1 unspecified atom stereocenters. The number of nitrogens with zero attached hydrogens (tertiary/aromatic N) is 2. The zero-order valence-corrected chi connectivity index (χ0v) is 28.6. The number of ketones is 1. The number of hydrogen-bond acceptors (Lipinski definition) is 9. The summed E-state index contributed by atoms with van der Waals surface area (Å²) in [6.07, 6.45) is -0.000117. The molecule has 47 heavy (non-hydrogen) atoms. The zero-order chi connectivity index (χ0) is 34.9. The largest absolute Gasteiger partial charge is 0.414 e. The standard InChI is InChI=1S/C33H44N6O7S/c1-8-21(3)27(28(41)32-38-37-31(46-32)23-12-10-9-11-13-23)36-29(42)22(4)35-30(43)25(18-26(40)34-19-33(5,6)7)39-47(44,45)24-16-14-20(2)15-17-24/h9-17,21-22,25,27,39H,8,18-19H2,1-7H3,(H,34,40)(H,35,43)(H,36,42)/t21?,22-,25-,27-/m0/s1. The maximum absolute atomic E-state index is 13.4. The van der Waals surface area contributed by atoms with E-state index in [1.54, 1.807) is 50.2 Å². The van der Waals surface area contributed by atoms with Crippen LogP contribution in [0.4, 0.5) is 0 Å². The highest BCUT2D eigenvalue weighted by Crippen LogP contribution is 2.20. The number of carbonyl (C=O) groups is 4. The molecule has 4 atom stereocenters. The molecule has 0 saturated carbocycles. The number of hydrogen-bond donors (Lipinski definition) is 4. The highest BCUT2D eigenvalue weighted by atomic mass is 32.2. The number of nitrogens with one attached hydrogen (secondary N) is 4. The minimum Gasteiger partial charge on any atom is -0.414 e. The van der Waals surface area contributed by atoms with Crippen LogP contribution in [0.15, 0.2) is 63.9 Å². The molecule has 3 aromatic rings. The summed E-state index contributed by atoms with van der Waals surface area (Å²) in [4.78, 5) is 52.9. The van der Waals surface area contributed by atoms with E-state index in [-0.39, 0.29) is 28.0 Å². The fourth-order valence-electron chi connectivity index (χ4n) is 4.29. The van der Waals surface area contributed by atoms with Gasteiger partial charge in [-0.1, -0.05) is 76.9 Å². The van der Waals surface area contributed by atoms with Crippen LogP contribution in [0.1, 0.15) is 70.6 Å². The lowest BCUT2D eigenvalue weighted by Gasteiger charge is -2.25.